The van der Waals surface area contributed by atoms with Gasteiger partial charge in [0.2, 0.25) is 5.95 Å². The molecule has 0 saturated heterocycles. The van der Waals surface area contributed by atoms with Crippen molar-refractivity contribution in [3.8, 4) is 17.0 Å². The van der Waals surface area contributed by atoms with Gasteiger partial charge >= 0.3 is 6.36 Å². The number of nitrogens with zero attached hydrogens (tertiary/aromatic N) is 2. The third kappa shape index (κ3) is 6.97. The van der Waals surface area contributed by atoms with Gasteiger partial charge in [0.1, 0.15) is 11.6 Å². The van der Waals surface area contributed by atoms with Crippen molar-refractivity contribution in [2.75, 3.05) is 17.2 Å². The number of aryl methyl sites for hydroxylation is 1. The van der Waals surface area contributed by atoms with Crippen molar-refractivity contribution in [2.24, 2.45) is 5.92 Å². The highest BCUT2D eigenvalue weighted by atomic mass is 35.5. The Morgan fingerprint density at radius 3 is 2.48 bits per heavy atom. The number of rotatable bonds is 8. The van der Waals surface area contributed by atoms with Gasteiger partial charge in [-0.3, -0.25) is 0 Å². The maximum Gasteiger partial charge on any atom is 0.573 e. The average molecular weight is 481 g/mol. The molecule has 2 aromatic carbocycles. The Balaban J connectivity index is 2.02. The van der Waals surface area contributed by atoms with E-state index in [-0.39, 0.29) is 30.3 Å². The van der Waals surface area contributed by atoms with Crippen LogP contribution in [0.2, 0.25) is 5.02 Å². The lowest BCUT2D eigenvalue weighted by Crippen LogP contribution is -2.30. The summed E-state index contributed by atoms with van der Waals surface area (Å²) < 4.78 is 42.0. The zero-order chi connectivity index (χ0) is 24.2. The molecule has 0 unspecified atom stereocenters. The van der Waals surface area contributed by atoms with Crippen LogP contribution in [-0.2, 0) is 0 Å². The third-order valence-corrected chi connectivity index (χ3v) is 5.11. The van der Waals surface area contributed by atoms with Crippen molar-refractivity contribution >= 4 is 29.1 Å². The summed E-state index contributed by atoms with van der Waals surface area (Å²) in [6, 6.07) is 12.3. The summed E-state index contributed by atoms with van der Waals surface area (Å²) in [6.07, 6.45) is -4.81. The number of alkyl halides is 3. The van der Waals surface area contributed by atoms with Gasteiger partial charge in [0.05, 0.1) is 29.1 Å². The van der Waals surface area contributed by atoms with Crippen LogP contribution < -0.4 is 15.4 Å². The molecule has 0 saturated carbocycles. The van der Waals surface area contributed by atoms with Crippen molar-refractivity contribution in [3.05, 3.63) is 59.1 Å². The van der Waals surface area contributed by atoms with Crippen LogP contribution in [-0.4, -0.2) is 34.1 Å². The summed E-state index contributed by atoms with van der Waals surface area (Å²) in [6.45, 7) is 5.63. The van der Waals surface area contributed by atoms with Gasteiger partial charge in [-0.1, -0.05) is 43.6 Å². The van der Waals surface area contributed by atoms with E-state index in [0.29, 0.717) is 27.8 Å². The first kappa shape index (κ1) is 24.6. The Morgan fingerprint density at radius 1 is 1.09 bits per heavy atom. The fraction of sp³-hybridized carbons (Fsp3) is 0.304. The van der Waals surface area contributed by atoms with Crippen molar-refractivity contribution in [1.29, 1.82) is 0 Å². The van der Waals surface area contributed by atoms with Gasteiger partial charge in [-0.05, 0) is 42.7 Å². The third-order valence-electron chi connectivity index (χ3n) is 4.79. The van der Waals surface area contributed by atoms with Crippen LogP contribution in [0, 0.1) is 12.8 Å². The van der Waals surface area contributed by atoms with E-state index in [1.165, 1.54) is 18.2 Å². The molecule has 0 aliphatic carbocycles. The number of aliphatic hydroxyl groups is 1. The number of ether oxygens (including phenoxy) is 1. The minimum Gasteiger partial charge on any atom is -0.406 e. The fourth-order valence-electron chi connectivity index (χ4n) is 3.02. The molecule has 1 heterocycles. The topological polar surface area (TPSA) is 79.3 Å². The smallest absolute Gasteiger partial charge is 0.406 e. The van der Waals surface area contributed by atoms with Crippen LogP contribution in [0.1, 0.15) is 19.4 Å². The molecule has 0 aliphatic heterocycles. The number of nitrogens with one attached hydrogen (secondary N) is 2. The number of anilines is 3. The number of hydrogen-bond donors (Lipinski definition) is 3. The van der Waals surface area contributed by atoms with Crippen molar-refractivity contribution in [2.45, 2.75) is 33.2 Å². The van der Waals surface area contributed by atoms with Gasteiger partial charge < -0.3 is 20.5 Å². The predicted molar refractivity (Wildman–Crippen MR) is 123 cm³/mol. The lowest BCUT2D eigenvalue weighted by Gasteiger charge is -2.21. The first-order valence-corrected chi connectivity index (χ1v) is 10.6. The monoisotopic (exact) mass is 480 g/mol. The van der Waals surface area contributed by atoms with Crippen molar-refractivity contribution in [1.82, 2.24) is 9.97 Å². The van der Waals surface area contributed by atoms with Gasteiger partial charge in [0.25, 0.3) is 0 Å². The van der Waals surface area contributed by atoms with Crippen LogP contribution in [0.25, 0.3) is 11.3 Å². The normalized spacial score (nSPS) is 12.5. The Labute approximate surface area is 194 Å². The predicted octanol–water partition coefficient (Wildman–Crippen LogP) is 6.18. The molecule has 6 nitrogen and oxygen atoms in total. The van der Waals surface area contributed by atoms with Crippen molar-refractivity contribution in [3.63, 3.8) is 0 Å². The molecule has 3 aromatic rings. The molecular formula is C23H24ClF3N4O2. The van der Waals surface area contributed by atoms with Gasteiger partial charge in [-0.2, -0.15) is 4.98 Å². The fourth-order valence-corrected chi connectivity index (χ4v) is 3.31. The van der Waals surface area contributed by atoms with Crippen LogP contribution in [0.15, 0.2) is 48.5 Å². The van der Waals surface area contributed by atoms with Crippen LogP contribution in [0.3, 0.4) is 0 Å². The Morgan fingerprint density at radius 2 is 1.85 bits per heavy atom. The molecule has 0 aliphatic rings. The van der Waals surface area contributed by atoms with Crippen LogP contribution in [0.4, 0.5) is 30.6 Å². The summed E-state index contributed by atoms with van der Waals surface area (Å²) in [5, 5.41) is 16.4. The van der Waals surface area contributed by atoms with Crippen LogP contribution in [0.5, 0.6) is 5.75 Å². The molecule has 1 atom stereocenters. The van der Waals surface area contributed by atoms with E-state index in [4.69, 9.17) is 11.6 Å². The summed E-state index contributed by atoms with van der Waals surface area (Å²) in [4.78, 5) is 8.90. The van der Waals surface area contributed by atoms with Crippen LogP contribution >= 0.6 is 11.6 Å². The second-order valence-electron chi connectivity index (χ2n) is 7.82. The van der Waals surface area contributed by atoms with Crippen molar-refractivity contribution < 1.29 is 23.0 Å². The maximum absolute atomic E-state index is 12.7. The molecule has 3 rings (SSSR count). The average Bonchev–Trinajstić information content (AvgIpc) is 2.72. The summed E-state index contributed by atoms with van der Waals surface area (Å²) >= 11 is 6.33. The van der Waals surface area contributed by atoms with E-state index in [9.17, 15) is 18.3 Å². The molecule has 0 radical (unpaired) electrons. The number of aliphatic hydroxyl groups excluding tert-OH is 1. The minimum atomic E-state index is -4.81. The molecule has 0 amide bonds. The Bertz CT molecular complexity index is 1110. The lowest BCUT2D eigenvalue weighted by atomic mass is 10.1. The molecule has 0 spiro atoms. The molecule has 3 N–H and O–H groups in total. The van der Waals surface area contributed by atoms with E-state index < -0.39 is 6.36 Å². The van der Waals surface area contributed by atoms with E-state index in [1.807, 2.05) is 26.8 Å². The number of hydrogen-bond acceptors (Lipinski definition) is 6. The highest BCUT2D eigenvalue weighted by Gasteiger charge is 2.31. The number of benzene rings is 2. The van der Waals surface area contributed by atoms with E-state index in [0.717, 1.165) is 5.56 Å². The minimum absolute atomic E-state index is 0.0775. The zero-order valence-corrected chi connectivity index (χ0v) is 19.0. The highest BCUT2D eigenvalue weighted by Crippen LogP contribution is 2.31. The summed E-state index contributed by atoms with van der Waals surface area (Å²) in [5.74, 6) is 0.289. The second-order valence-corrected chi connectivity index (χ2v) is 8.23. The maximum atomic E-state index is 12.7. The molecule has 33 heavy (non-hydrogen) atoms. The molecular weight excluding hydrogens is 457 g/mol. The van der Waals surface area contributed by atoms with E-state index in [2.05, 4.69) is 25.3 Å². The van der Waals surface area contributed by atoms with E-state index >= 15 is 0 Å². The van der Waals surface area contributed by atoms with Gasteiger partial charge in [-0.25, -0.2) is 4.98 Å². The zero-order valence-electron chi connectivity index (χ0n) is 18.2. The Hall–Kier alpha value is -3.04. The first-order chi connectivity index (χ1) is 15.5. The standard InChI is InChI=1S/C23H24ClF3N4O2/c1-13(2)20(12-32)30-22-29-19(15-5-4-6-16(10-15)33-23(25,26)27)11-21(31-22)28-18-8-7-14(3)9-17(18)24/h4-11,13,20,32H,12H2,1-3H3,(H2,28,29,30,31)/t20-/m0/s1. The number of halogens is 4. The lowest BCUT2D eigenvalue weighted by molar-refractivity contribution is -0.274. The molecule has 1 aromatic heterocycles. The van der Waals surface area contributed by atoms with E-state index in [1.54, 1.807) is 24.3 Å². The first-order valence-electron chi connectivity index (χ1n) is 10.2. The molecule has 10 heteroatoms. The molecule has 0 bridgehead atoms. The van der Waals surface area contributed by atoms with Gasteiger partial charge in [0, 0.05) is 11.6 Å². The Kier molecular flexibility index (Phi) is 7.65. The number of aromatic nitrogens is 2. The second kappa shape index (κ2) is 10.3. The summed E-state index contributed by atoms with van der Waals surface area (Å²) in [7, 11) is 0. The molecule has 0 fully saturated rings. The molecule has 176 valence electrons. The van der Waals surface area contributed by atoms with Gasteiger partial charge in [-0.15, -0.1) is 13.2 Å². The largest absolute Gasteiger partial charge is 0.573 e. The summed E-state index contributed by atoms with van der Waals surface area (Å²) in [5.41, 5.74) is 2.34. The SMILES string of the molecule is Cc1ccc(Nc2cc(-c3cccc(OC(F)(F)F)c3)nc(N[C@@H](CO)C(C)C)n2)c(Cl)c1. The quantitative estimate of drug-likeness (QED) is 0.357. The van der Waals surface area contributed by atoms with Gasteiger partial charge in [0.15, 0.2) is 0 Å². The highest BCUT2D eigenvalue weighted by molar-refractivity contribution is 6.33.